The monoisotopic (exact) mass is 216 g/mol. The van der Waals surface area contributed by atoms with E-state index in [2.05, 4.69) is 10.2 Å². The van der Waals surface area contributed by atoms with Gasteiger partial charge in [0.2, 0.25) is 0 Å². The molecular weight excluding hydrogens is 204 g/mol. The van der Waals surface area contributed by atoms with Crippen LogP contribution in [0.3, 0.4) is 0 Å². The number of hydrazine groups is 1. The lowest BCUT2D eigenvalue weighted by molar-refractivity contribution is 0.0601. The molecule has 0 aromatic heterocycles. The van der Waals surface area contributed by atoms with Gasteiger partial charge in [-0.05, 0) is 18.6 Å². The summed E-state index contributed by atoms with van der Waals surface area (Å²) in [6, 6.07) is 5.30. The number of halogens is 1. The fourth-order valence-electron chi connectivity index (χ4n) is 1.14. The number of carbonyl (C=O) groups excluding carboxylic acids is 1. The van der Waals surface area contributed by atoms with E-state index in [-0.39, 0.29) is 12.4 Å². The summed E-state index contributed by atoms with van der Waals surface area (Å²) in [7, 11) is 1.34. The fraction of sp³-hybridized carbons (Fsp3) is 0.222. The van der Waals surface area contributed by atoms with Crippen LogP contribution in [0.15, 0.2) is 18.2 Å². The van der Waals surface area contributed by atoms with Gasteiger partial charge in [0.15, 0.2) is 0 Å². The Hall–Kier alpha value is -1.26. The highest BCUT2D eigenvalue weighted by Gasteiger charge is 2.11. The summed E-state index contributed by atoms with van der Waals surface area (Å²) in [6.45, 7) is 1.86. The lowest BCUT2D eigenvalue weighted by atomic mass is 10.1. The zero-order valence-electron chi connectivity index (χ0n) is 8.03. The summed E-state index contributed by atoms with van der Waals surface area (Å²) in [5.41, 5.74) is 4.44. The molecule has 0 unspecified atom stereocenters. The van der Waals surface area contributed by atoms with Crippen molar-refractivity contribution in [2.45, 2.75) is 6.92 Å². The first-order chi connectivity index (χ1) is 6.20. The Morgan fingerprint density at radius 1 is 1.50 bits per heavy atom. The molecule has 1 aromatic rings. The van der Waals surface area contributed by atoms with Gasteiger partial charge in [0.1, 0.15) is 0 Å². The standard InChI is InChI=1S/C9H12N2O2.ClH/c1-6-4-3-5-7(8(6)11-10)9(12)13-2;/h3-5,11H,10H2,1-2H3;1H. The van der Waals surface area contributed by atoms with E-state index in [1.54, 1.807) is 12.1 Å². The van der Waals surface area contributed by atoms with Crippen molar-refractivity contribution < 1.29 is 9.53 Å². The zero-order valence-corrected chi connectivity index (χ0v) is 8.85. The van der Waals surface area contributed by atoms with E-state index in [0.717, 1.165) is 5.56 Å². The molecule has 0 radical (unpaired) electrons. The van der Waals surface area contributed by atoms with E-state index in [4.69, 9.17) is 5.84 Å². The highest BCUT2D eigenvalue weighted by molar-refractivity contribution is 5.96. The number of esters is 1. The third-order valence-electron chi connectivity index (χ3n) is 1.82. The fourth-order valence-corrected chi connectivity index (χ4v) is 1.14. The van der Waals surface area contributed by atoms with Crippen molar-refractivity contribution in [2.24, 2.45) is 5.84 Å². The first-order valence-corrected chi connectivity index (χ1v) is 3.85. The van der Waals surface area contributed by atoms with Crippen LogP contribution >= 0.6 is 12.4 Å². The molecule has 0 aliphatic carbocycles. The number of ether oxygens (including phenoxy) is 1. The number of nitrogen functional groups attached to an aromatic ring is 1. The van der Waals surface area contributed by atoms with Crippen molar-refractivity contribution in [1.29, 1.82) is 0 Å². The smallest absolute Gasteiger partial charge is 0.340 e. The van der Waals surface area contributed by atoms with Crippen LogP contribution in [0, 0.1) is 6.92 Å². The van der Waals surface area contributed by atoms with E-state index in [0.29, 0.717) is 11.3 Å². The molecular formula is C9H13ClN2O2. The van der Waals surface area contributed by atoms with E-state index in [1.165, 1.54) is 7.11 Å². The largest absolute Gasteiger partial charge is 0.465 e. The van der Waals surface area contributed by atoms with Gasteiger partial charge in [-0.15, -0.1) is 12.4 Å². The number of nitrogens with two attached hydrogens (primary N) is 1. The average Bonchev–Trinajstić information content (AvgIpc) is 2.16. The molecule has 1 aromatic carbocycles. The number of rotatable bonds is 2. The molecule has 4 nitrogen and oxygen atoms in total. The van der Waals surface area contributed by atoms with Crippen molar-refractivity contribution >= 4 is 24.1 Å². The van der Waals surface area contributed by atoms with Gasteiger partial charge in [-0.25, -0.2) is 4.79 Å². The summed E-state index contributed by atoms with van der Waals surface area (Å²) >= 11 is 0. The third-order valence-corrected chi connectivity index (χ3v) is 1.82. The first kappa shape index (κ1) is 12.7. The predicted octanol–water partition coefficient (Wildman–Crippen LogP) is 1.49. The Morgan fingerprint density at radius 3 is 2.64 bits per heavy atom. The maximum atomic E-state index is 11.2. The van der Waals surface area contributed by atoms with Gasteiger partial charge in [0.05, 0.1) is 18.4 Å². The molecule has 0 atom stereocenters. The average molecular weight is 217 g/mol. The second-order valence-electron chi connectivity index (χ2n) is 2.63. The van der Waals surface area contributed by atoms with E-state index in [9.17, 15) is 4.79 Å². The summed E-state index contributed by atoms with van der Waals surface area (Å²) < 4.78 is 4.60. The van der Waals surface area contributed by atoms with Gasteiger partial charge in [-0.1, -0.05) is 12.1 Å². The van der Waals surface area contributed by atoms with Crippen LogP contribution in [0.1, 0.15) is 15.9 Å². The van der Waals surface area contributed by atoms with Crippen molar-refractivity contribution in [3.63, 3.8) is 0 Å². The third kappa shape index (κ3) is 2.37. The summed E-state index contributed by atoms with van der Waals surface area (Å²) in [5, 5.41) is 0. The lowest BCUT2D eigenvalue weighted by Gasteiger charge is -2.09. The lowest BCUT2D eigenvalue weighted by Crippen LogP contribution is -2.14. The van der Waals surface area contributed by atoms with E-state index < -0.39 is 5.97 Å². The number of hydrogen-bond donors (Lipinski definition) is 2. The van der Waals surface area contributed by atoms with E-state index in [1.807, 2.05) is 13.0 Å². The summed E-state index contributed by atoms with van der Waals surface area (Å²) in [4.78, 5) is 11.2. The molecule has 3 N–H and O–H groups in total. The molecule has 0 saturated heterocycles. The van der Waals surface area contributed by atoms with Crippen LogP contribution in [0.4, 0.5) is 5.69 Å². The van der Waals surface area contributed by atoms with Crippen LogP contribution < -0.4 is 11.3 Å². The zero-order chi connectivity index (χ0) is 9.84. The number of para-hydroxylation sites is 1. The second kappa shape index (κ2) is 5.47. The SMILES string of the molecule is COC(=O)c1cccc(C)c1NN.Cl. The Balaban J connectivity index is 0.00000169. The maximum Gasteiger partial charge on any atom is 0.340 e. The molecule has 5 heteroatoms. The Morgan fingerprint density at radius 2 is 2.14 bits per heavy atom. The number of aryl methyl sites for hydroxylation is 1. The van der Waals surface area contributed by atoms with Crippen LogP contribution in [-0.2, 0) is 4.74 Å². The maximum absolute atomic E-state index is 11.2. The number of benzene rings is 1. The molecule has 0 aliphatic heterocycles. The van der Waals surface area contributed by atoms with Gasteiger partial charge in [-0.3, -0.25) is 5.84 Å². The van der Waals surface area contributed by atoms with Crippen molar-refractivity contribution in [3.05, 3.63) is 29.3 Å². The normalized spacial score (nSPS) is 8.79. The molecule has 0 heterocycles. The van der Waals surface area contributed by atoms with Crippen molar-refractivity contribution in [2.75, 3.05) is 12.5 Å². The summed E-state index contributed by atoms with van der Waals surface area (Å²) in [6.07, 6.45) is 0. The van der Waals surface area contributed by atoms with Crippen LogP contribution in [-0.4, -0.2) is 13.1 Å². The van der Waals surface area contributed by atoms with Crippen LogP contribution in [0.2, 0.25) is 0 Å². The molecule has 0 amide bonds. The Labute approximate surface area is 88.8 Å². The van der Waals surface area contributed by atoms with Crippen molar-refractivity contribution in [3.8, 4) is 0 Å². The number of carbonyl (C=O) groups is 1. The first-order valence-electron chi connectivity index (χ1n) is 3.85. The molecule has 0 bridgehead atoms. The second-order valence-corrected chi connectivity index (χ2v) is 2.63. The van der Waals surface area contributed by atoms with Crippen LogP contribution in [0.25, 0.3) is 0 Å². The van der Waals surface area contributed by atoms with Gasteiger partial charge < -0.3 is 10.2 Å². The topological polar surface area (TPSA) is 64.3 Å². The molecule has 0 spiro atoms. The Kier molecular flexibility index (Phi) is 4.97. The molecule has 0 fully saturated rings. The van der Waals surface area contributed by atoms with Gasteiger partial charge in [0.25, 0.3) is 0 Å². The molecule has 0 aliphatic rings. The van der Waals surface area contributed by atoms with Gasteiger partial charge in [0, 0.05) is 0 Å². The minimum atomic E-state index is -0.392. The molecule has 0 saturated carbocycles. The number of anilines is 1. The van der Waals surface area contributed by atoms with Gasteiger partial charge >= 0.3 is 5.97 Å². The number of nitrogens with one attached hydrogen (secondary N) is 1. The minimum absolute atomic E-state index is 0. The number of hydrogen-bond acceptors (Lipinski definition) is 4. The highest BCUT2D eigenvalue weighted by atomic mass is 35.5. The molecule has 1 rings (SSSR count). The highest BCUT2D eigenvalue weighted by Crippen LogP contribution is 2.19. The van der Waals surface area contributed by atoms with Crippen molar-refractivity contribution in [1.82, 2.24) is 0 Å². The quantitative estimate of drug-likeness (QED) is 0.447. The number of methoxy groups -OCH3 is 1. The molecule has 78 valence electrons. The molecule has 14 heavy (non-hydrogen) atoms. The van der Waals surface area contributed by atoms with Gasteiger partial charge in [-0.2, -0.15) is 0 Å². The minimum Gasteiger partial charge on any atom is -0.465 e. The predicted molar refractivity (Wildman–Crippen MR) is 57.6 cm³/mol. The van der Waals surface area contributed by atoms with Crippen LogP contribution in [0.5, 0.6) is 0 Å². The van der Waals surface area contributed by atoms with E-state index >= 15 is 0 Å². The summed E-state index contributed by atoms with van der Waals surface area (Å²) in [5.74, 6) is 4.89. The Bertz CT molecular complexity index is 329.